The minimum absolute atomic E-state index is 0. The zero-order valence-electron chi connectivity index (χ0n) is 15.7. The van der Waals surface area contributed by atoms with Gasteiger partial charge in [0.2, 0.25) is 0 Å². The van der Waals surface area contributed by atoms with Gasteiger partial charge in [-0.25, -0.2) is 0 Å². The number of guanidine groups is 1. The molecule has 142 valence electrons. The number of rotatable bonds is 8. The maximum absolute atomic E-state index is 5.99. The monoisotopic (exact) mass is 459 g/mol. The van der Waals surface area contributed by atoms with Crippen molar-refractivity contribution < 1.29 is 0 Å². The van der Waals surface area contributed by atoms with Gasteiger partial charge in [0.25, 0.3) is 0 Å². The van der Waals surface area contributed by atoms with Crippen molar-refractivity contribution in [2.45, 2.75) is 26.7 Å². The van der Waals surface area contributed by atoms with Crippen molar-refractivity contribution in [3.05, 3.63) is 30.3 Å². The number of halogens is 1. The molecule has 0 saturated carbocycles. The van der Waals surface area contributed by atoms with Crippen LogP contribution in [0.1, 0.15) is 26.7 Å². The first kappa shape index (κ1) is 22.0. The first-order valence-electron chi connectivity index (χ1n) is 9.31. The largest absolute Gasteiger partial charge is 0.370 e. The molecule has 0 atom stereocenters. The Morgan fingerprint density at radius 2 is 1.68 bits per heavy atom. The van der Waals surface area contributed by atoms with Crippen LogP contribution in [0.4, 0.5) is 5.69 Å². The lowest BCUT2D eigenvalue weighted by Gasteiger charge is -2.36. The summed E-state index contributed by atoms with van der Waals surface area (Å²) in [4.78, 5) is 11.6. The molecule has 0 aliphatic carbocycles. The summed E-state index contributed by atoms with van der Waals surface area (Å²) >= 11 is 0. The molecule has 1 aliphatic heterocycles. The summed E-state index contributed by atoms with van der Waals surface area (Å²) in [5.74, 6) is 0.691. The summed E-state index contributed by atoms with van der Waals surface area (Å²) in [6.07, 6.45) is 2.31. The molecule has 6 heteroatoms. The lowest BCUT2D eigenvalue weighted by molar-refractivity contribution is 0.253. The van der Waals surface area contributed by atoms with Crippen molar-refractivity contribution in [2.75, 3.05) is 57.3 Å². The molecule has 0 bridgehead atoms. The number of aliphatic imine (C=N–C) groups is 1. The second-order valence-corrected chi connectivity index (χ2v) is 6.28. The van der Waals surface area contributed by atoms with E-state index in [0.29, 0.717) is 5.96 Å². The van der Waals surface area contributed by atoms with E-state index >= 15 is 0 Å². The van der Waals surface area contributed by atoms with E-state index in [2.05, 4.69) is 63.9 Å². The van der Waals surface area contributed by atoms with Crippen molar-refractivity contribution in [3.63, 3.8) is 0 Å². The van der Waals surface area contributed by atoms with Gasteiger partial charge < -0.3 is 15.5 Å². The predicted molar refractivity (Wildman–Crippen MR) is 119 cm³/mol. The molecule has 0 radical (unpaired) electrons. The van der Waals surface area contributed by atoms with Gasteiger partial charge in [0.05, 0.1) is 0 Å². The molecule has 1 aromatic rings. The smallest absolute Gasteiger partial charge is 0.191 e. The van der Waals surface area contributed by atoms with Crippen LogP contribution in [0.15, 0.2) is 35.3 Å². The number of benzene rings is 1. The topological polar surface area (TPSA) is 48.1 Å². The summed E-state index contributed by atoms with van der Waals surface area (Å²) in [7, 11) is 0. The van der Waals surface area contributed by atoms with E-state index in [9.17, 15) is 0 Å². The van der Waals surface area contributed by atoms with Gasteiger partial charge >= 0.3 is 0 Å². The van der Waals surface area contributed by atoms with Gasteiger partial charge in [-0.1, -0.05) is 18.2 Å². The zero-order valence-corrected chi connectivity index (χ0v) is 18.1. The Hall–Kier alpha value is -1.02. The molecule has 1 aromatic carbocycles. The Bertz CT molecular complexity index is 482. The minimum Gasteiger partial charge on any atom is -0.370 e. The van der Waals surface area contributed by atoms with Gasteiger partial charge in [-0.2, -0.15) is 0 Å². The quantitative estimate of drug-likeness (QED) is 0.281. The Morgan fingerprint density at radius 1 is 1.04 bits per heavy atom. The number of unbranched alkanes of at least 4 members (excludes halogenated alkanes) is 1. The molecule has 0 aromatic heterocycles. The first-order chi connectivity index (χ1) is 11.7. The number of anilines is 1. The van der Waals surface area contributed by atoms with Gasteiger partial charge in [0.1, 0.15) is 0 Å². The van der Waals surface area contributed by atoms with Gasteiger partial charge in [-0.3, -0.25) is 9.89 Å². The van der Waals surface area contributed by atoms with Crippen molar-refractivity contribution >= 4 is 35.6 Å². The fourth-order valence-corrected chi connectivity index (χ4v) is 3.16. The maximum atomic E-state index is 5.99. The van der Waals surface area contributed by atoms with Crippen LogP contribution in [-0.2, 0) is 0 Å². The van der Waals surface area contributed by atoms with Crippen LogP contribution < -0.4 is 10.6 Å². The van der Waals surface area contributed by atoms with Gasteiger partial charge in [-0.05, 0) is 45.4 Å². The van der Waals surface area contributed by atoms with Crippen LogP contribution in [0.5, 0.6) is 0 Å². The Balaban J connectivity index is 0.00000312. The standard InChI is InChI=1S/C19H33N5.HI/c1-3-23(4-2)19(20)21-12-8-9-13-22-14-16-24(17-15-22)18-10-6-5-7-11-18;/h5-7,10-11H,3-4,8-9,12-17H2,1-2H3,(H2,20,21);1H. The molecule has 1 saturated heterocycles. The van der Waals surface area contributed by atoms with E-state index < -0.39 is 0 Å². The van der Waals surface area contributed by atoms with Crippen LogP contribution in [0.3, 0.4) is 0 Å². The first-order valence-corrected chi connectivity index (χ1v) is 9.31. The normalized spacial score (nSPS) is 15.8. The highest BCUT2D eigenvalue weighted by Crippen LogP contribution is 2.15. The van der Waals surface area contributed by atoms with E-state index in [1.165, 1.54) is 18.7 Å². The number of hydrogen-bond acceptors (Lipinski definition) is 3. The molecule has 2 rings (SSSR count). The molecule has 1 fully saturated rings. The van der Waals surface area contributed by atoms with Crippen molar-refractivity contribution in [1.29, 1.82) is 0 Å². The summed E-state index contributed by atoms with van der Waals surface area (Å²) in [6.45, 7) is 12.6. The molecular formula is C19H34IN5. The highest BCUT2D eigenvalue weighted by molar-refractivity contribution is 14.0. The van der Waals surface area contributed by atoms with Crippen LogP contribution in [0.2, 0.25) is 0 Å². The molecule has 2 N–H and O–H groups in total. The van der Waals surface area contributed by atoms with E-state index in [1.807, 2.05) is 0 Å². The third-order valence-electron chi connectivity index (χ3n) is 4.74. The van der Waals surface area contributed by atoms with E-state index in [-0.39, 0.29) is 24.0 Å². The van der Waals surface area contributed by atoms with Gasteiger partial charge in [-0.15, -0.1) is 24.0 Å². The van der Waals surface area contributed by atoms with E-state index in [4.69, 9.17) is 5.73 Å². The molecule has 1 aliphatic rings. The summed E-state index contributed by atoms with van der Waals surface area (Å²) in [6, 6.07) is 10.7. The van der Waals surface area contributed by atoms with Gasteiger partial charge in [0.15, 0.2) is 5.96 Å². The number of nitrogens with two attached hydrogens (primary N) is 1. The summed E-state index contributed by atoms with van der Waals surface area (Å²) in [5, 5.41) is 0. The van der Waals surface area contributed by atoms with Crippen molar-refractivity contribution in [1.82, 2.24) is 9.80 Å². The third kappa shape index (κ3) is 7.40. The lowest BCUT2D eigenvalue weighted by atomic mass is 10.2. The zero-order chi connectivity index (χ0) is 17.2. The Labute approximate surface area is 170 Å². The Kier molecular flexibility index (Phi) is 10.9. The maximum Gasteiger partial charge on any atom is 0.191 e. The molecule has 1 heterocycles. The molecule has 0 spiro atoms. The van der Waals surface area contributed by atoms with Crippen LogP contribution in [0.25, 0.3) is 0 Å². The van der Waals surface area contributed by atoms with Gasteiger partial charge in [0, 0.05) is 51.5 Å². The van der Waals surface area contributed by atoms with Crippen LogP contribution in [-0.4, -0.2) is 68.1 Å². The summed E-state index contributed by atoms with van der Waals surface area (Å²) < 4.78 is 0. The number of para-hydroxylation sites is 1. The summed E-state index contributed by atoms with van der Waals surface area (Å²) in [5.41, 5.74) is 7.34. The minimum atomic E-state index is 0. The number of nitrogens with zero attached hydrogens (tertiary/aromatic N) is 4. The van der Waals surface area contributed by atoms with Crippen LogP contribution >= 0.6 is 24.0 Å². The highest BCUT2D eigenvalue weighted by Gasteiger charge is 2.16. The second kappa shape index (κ2) is 12.4. The van der Waals surface area contributed by atoms with Crippen molar-refractivity contribution in [3.8, 4) is 0 Å². The van der Waals surface area contributed by atoms with E-state index in [0.717, 1.165) is 52.2 Å². The van der Waals surface area contributed by atoms with E-state index in [1.54, 1.807) is 0 Å². The SMILES string of the molecule is CCN(CC)C(N)=NCCCCN1CCN(c2ccccc2)CC1.I. The third-order valence-corrected chi connectivity index (χ3v) is 4.74. The second-order valence-electron chi connectivity index (χ2n) is 6.28. The fraction of sp³-hybridized carbons (Fsp3) is 0.632. The average molecular weight is 459 g/mol. The molecule has 25 heavy (non-hydrogen) atoms. The molecule has 0 unspecified atom stereocenters. The molecular weight excluding hydrogens is 425 g/mol. The highest BCUT2D eigenvalue weighted by atomic mass is 127. The predicted octanol–water partition coefficient (Wildman–Crippen LogP) is 2.86. The molecule has 5 nitrogen and oxygen atoms in total. The Morgan fingerprint density at radius 3 is 2.28 bits per heavy atom. The number of piperazine rings is 1. The van der Waals surface area contributed by atoms with Crippen LogP contribution in [0, 0.1) is 0 Å². The fourth-order valence-electron chi connectivity index (χ4n) is 3.16. The van der Waals surface area contributed by atoms with Crippen molar-refractivity contribution in [2.24, 2.45) is 10.7 Å². The lowest BCUT2D eigenvalue weighted by Crippen LogP contribution is -2.46. The number of hydrogen-bond donors (Lipinski definition) is 1. The average Bonchev–Trinajstić information content (AvgIpc) is 2.64. The molecule has 0 amide bonds.